The van der Waals surface area contributed by atoms with Gasteiger partial charge in [-0.2, -0.15) is 0 Å². The number of ether oxygens (including phenoxy) is 1. The number of hydrogen-bond acceptors (Lipinski definition) is 6. The van der Waals surface area contributed by atoms with Crippen molar-refractivity contribution >= 4 is 28.0 Å². The molecule has 0 bridgehead atoms. The number of amides is 1. The highest BCUT2D eigenvalue weighted by Gasteiger charge is 2.40. The molecule has 202 valence electrons. The van der Waals surface area contributed by atoms with Crippen molar-refractivity contribution in [3.8, 4) is 12.3 Å². The fourth-order valence-electron chi connectivity index (χ4n) is 5.50. The van der Waals surface area contributed by atoms with Gasteiger partial charge in [-0.1, -0.05) is 31.9 Å². The normalized spacial score (nSPS) is 19.4. The van der Waals surface area contributed by atoms with Crippen molar-refractivity contribution in [3.63, 3.8) is 0 Å². The zero-order valence-electron chi connectivity index (χ0n) is 22.8. The lowest BCUT2D eigenvalue weighted by Gasteiger charge is -2.44. The van der Waals surface area contributed by atoms with Gasteiger partial charge in [-0.3, -0.25) is 9.59 Å². The summed E-state index contributed by atoms with van der Waals surface area (Å²) in [6, 6.07) is 9.67. The molecule has 1 aromatic carbocycles. The highest BCUT2D eigenvalue weighted by Crippen LogP contribution is 2.38. The summed E-state index contributed by atoms with van der Waals surface area (Å²) in [4.78, 5) is 39.4. The molecule has 2 unspecified atom stereocenters. The van der Waals surface area contributed by atoms with Gasteiger partial charge in [0.25, 0.3) is 5.56 Å². The van der Waals surface area contributed by atoms with Crippen LogP contribution in [0, 0.1) is 25.2 Å². The molecule has 4 heterocycles. The van der Waals surface area contributed by atoms with Crippen LogP contribution in [0.5, 0.6) is 0 Å². The first-order chi connectivity index (χ1) is 18.8. The zero-order chi connectivity index (χ0) is 27.6. The van der Waals surface area contributed by atoms with Crippen molar-refractivity contribution < 1.29 is 13.9 Å². The van der Waals surface area contributed by atoms with Gasteiger partial charge >= 0.3 is 0 Å². The van der Waals surface area contributed by atoms with Gasteiger partial charge < -0.3 is 19.0 Å². The lowest BCUT2D eigenvalue weighted by molar-refractivity contribution is -0.134. The molecule has 39 heavy (non-hydrogen) atoms. The Morgan fingerprint density at radius 2 is 2.13 bits per heavy atom. The molecule has 0 radical (unpaired) electrons. The van der Waals surface area contributed by atoms with Crippen LogP contribution in [0.4, 0.5) is 0 Å². The fourth-order valence-corrected chi connectivity index (χ4v) is 5.50. The second-order valence-electron chi connectivity index (χ2n) is 10.7. The largest absolute Gasteiger partial charge is 0.452 e. The molecule has 1 aliphatic rings. The summed E-state index contributed by atoms with van der Waals surface area (Å²) in [7, 11) is 0. The predicted octanol–water partition coefficient (Wildman–Crippen LogP) is 4.52. The molecule has 1 amide bonds. The summed E-state index contributed by atoms with van der Waals surface area (Å²) in [5.74, 6) is 3.56. The van der Waals surface area contributed by atoms with Crippen molar-refractivity contribution in [2.75, 3.05) is 26.3 Å². The molecule has 4 aromatic rings. The van der Waals surface area contributed by atoms with E-state index < -0.39 is 0 Å². The van der Waals surface area contributed by atoms with Gasteiger partial charge in [0.15, 0.2) is 5.58 Å². The van der Waals surface area contributed by atoms with E-state index in [9.17, 15) is 9.59 Å². The number of furan rings is 1. The number of carbonyl (C=O) groups is 1. The lowest BCUT2D eigenvalue weighted by Crippen LogP contribution is -2.51. The van der Waals surface area contributed by atoms with Crippen molar-refractivity contribution in [1.29, 1.82) is 0 Å². The predicted molar refractivity (Wildman–Crippen MR) is 151 cm³/mol. The third-order valence-electron chi connectivity index (χ3n) is 8.11. The molecule has 3 aromatic heterocycles. The zero-order valence-corrected chi connectivity index (χ0v) is 22.8. The van der Waals surface area contributed by atoms with E-state index in [1.165, 1.54) is 0 Å². The van der Waals surface area contributed by atoms with E-state index in [1.807, 2.05) is 42.2 Å². The van der Waals surface area contributed by atoms with Crippen LogP contribution in [0.25, 0.3) is 22.1 Å². The van der Waals surface area contributed by atoms with Crippen molar-refractivity contribution in [2.24, 2.45) is 5.92 Å². The Labute approximate surface area is 227 Å². The number of likely N-dealkylation sites (tertiary alicyclic amines) is 1. The Kier molecular flexibility index (Phi) is 7.53. The molecular weight excluding hydrogens is 492 g/mol. The third-order valence-corrected chi connectivity index (χ3v) is 8.11. The molecular formula is C31H34N4O4. The van der Waals surface area contributed by atoms with E-state index in [0.717, 1.165) is 33.6 Å². The maximum absolute atomic E-state index is 12.9. The van der Waals surface area contributed by atoms with Crippen LogP contribution < -0.4 is 5.56 Å². The van der Waals surface area contributed by atoms with Gasteiger partial charge in [-0.15, -0.1) is 6.42 Å². The Morgan fingerprint density at radius 3 is 2.92 bits per heavy atom. The minimum Gasteiger partial charge on any atom is -0.452 e. The second kappa shape index (κ2) is 11.0. The van der Waals surface area contributed by atoms with E-state index in [-0.39, 0.29) is 22.8 Å². The van der Waals surface area contributed by atoms with Crippen LogP contribution in [-0.4, -0.2) is 52.1 Å². The minimum absolute atomic E-state index is 0.112. The van der Waals surface area contributed by atoms with Crippen LogP contribution in [-0.2, 0) is 21.4 Å². The van der Waals surface area contributed by atoms with Gasteiger partial charge in [0.2, 0.25) is 5.91 Å². The third kappa shape index (κ3) is 5.32. The number of pyridine rings is 1. The van der Waals surface area contributed by atoms with Crippen LogP contribution >= 0.6 is 0 Å². The summed E-state index contributed by atoms with van der Waals surface area (Å²) in [5.41, 5.74) is 4.09. The van der Waals surface area contributed by atoms with Gasteiger partial charge in [0.05, 0.1) is 12.3 Å². The molecule has 1 aliphatic heterocycles. The number of nitrogens with zero attached hydrogens (tertiary/aromatic N) is 3. The lowest BCUT2D eigenvalue weighted by atomic mass is 9.68. The standard InChI is InChI=1S/C31H34N4O4/c1-5-22-17-24(30(37)32-18-22)31(4)13-14-35(19-20(31)2)27(36)11-8-15-38-16-12-26-33-21(3)29-28(34-26)23-9-6-7-10-25(23)39-29/h1,6-7,9-10,17-18,20H,8,11-16,19H2,2-4H3,(H,32,37). The number of para-hydroxylation sites is 1. The average molecular weight is 527 g/mol. The van der Waals surface area contributed by atoms with Gasteiger partial charge in [-0.25, -0.2) is 9.97 Å². The second-order valence-corrected chi connectivity index (χ2v) is 10.7. The SMILES string of the molecule is C#Cc1c[nH]c(=O)c(C2(C)CCN(C(=O)CCCOCCc3nc(C)c4oc5ccccc5c4n3)CC2C)c1. The van der Waals surface area contributed by atoms with Crippen LogP contribution in [0.15, 0.2) is 45.7 Å². The number of H-pyrrole nitrogens is 1. The van der Waals surface area contributed by atoms with Crippen LogP contribution in [0.1, 0.15) is 55.8 Å². The summed E-state index contributed by atoms with van der Waals surface area (Å²) in [5, 5.41) is 0.985. The van der Waals surface area contributed by atoms with Gasteiger partial charge in [-0.05, 0) is 43.9 Å². The quantitative estimate of drug-likeness (QED) is 0.268. The number of carbonyl (C=O) groups excluding carboxylic acids is 1. The van der Waals surface area contributed by atoms with Crippen molar-refractivity contribution in [1.82, 2.24) is 19.9 Å². The Balaban J connectivity index is 1.09. The van der Waals surface area contributed by atoms with Gasteiger partial charge in [0, 0.05) is 60.7 Å². The molecule has 1 N–H and O–H groups in total. The summed E-state index contributed by atoms with van der Waals surface area (Å²) in [6.45, 7) is 8.32. The number of benzene rings is 1. The van der Waals surface area contributed by atoms with E-state index in [4.69, 9.17) is 20.6 Å². The molecule has 1 saturated heterocycles. The molecule has 8 heteroatoms. The number of aromatic amines is 1. The monoisotopic (exact) mass is 526 g/mol. The highest BCUT2D eigenvalue weighted by molar-refractivity contribution is 6.02. The number of aryl methyl sites for hydroxylation is 1. The van der Waals surface area contributed by atoms with Crippen molar-refractivity contribution in [3.05, 3.63) is 69.5 Å². The summed E-state index contributed by atoms with van der Waals surface area (Å²) in [6.07, 6.45) is 9.48. The number of piperidine rings is 1. The molecule has 0 saturated carbocycles. The molecule has 1 fully saturated rings. The van der Waals surface area contributed by atoms with Crippen LogP contribution in [0.2, 0.25) is 0 Å². The first-order valence-electron chi connectivity index (χ1n) is 13.5. The Morgan fingerprint density at radius 1 is 1.31 bits per heavy atom. The highest BCUT2D eigenvalue weighted by atomic mass is 16.5. The number of hydrogen-bond donors (Lipinski definition) is 1. The minimum atomic E-state index is -0.341. The molecule has 8 nitrogen and oxygen atoms in total. The Hall–Kier alpha value is -3.96. The van der Waals surface area contributed by atoms with E-state index >= 15 is 0 Å². The Bertz CT molecular complexity index is 1610. The first-order valence-corrected chi connectivity index (χ1v) is 13.5. The maximum atomic E-state index is 12.9. The number of aromatic nitrogens is 3. The molecule has 0 aliphatic carbocycles. The number of nitrogens with one attached hydrogen (secondary N) is 1. The maximum Gasteiger partial charge on any atom is 0.251 e. The van der Waals surface area contributed by atoms with Crippen molar-refractivity contribution in [2.45, 2.75) is 51.9 Å². The molecule has 2 atom stereocenters. The number of terminal acetylenes is 1. The van der Waals surface area contributed by atoms with E-state index in [1.54, 1.807) is 6.20 Å². The summed E-state index contributed by atoms with van der Waals surface area (Å²) >= 11 is 0. The fraction of sp³-hybridized carbons (Fsp3) is 0.419. The van der Waals surface area contributed by atoms with E-state index in [0.29, 0.717) is 63.1 Å². The first kappa shape index (κ1) is 26.6. The van der Waals surface area contributed by atoms with Crippen LogP contribution in [0.3, 0.4) is 0 Å². The number of fused-ring (bicyclic) bond motifs is 3. The van der Waals surface area contributed by atoms with E-state index in [2.05, 4.69) is 29.7 Å². The smallest absolute Gasteiger partial charge is 0.251 e. The van der Waals surface area contributed by atoms with Gasteiger partial charge in [0.1, 0.15) is 16.9 Å². The molecule has 5 rings (SSSR count). The average Bonchev–Trinajstić information content (AvgIpc) is 3.31. The topological polar surface area (TPSA) is 101 Å². The molecule has 0 spiro atoms. The number of rotatable bonds is 8. The summed E-state index contributed by atoms with van der Waals surface area (Å²) < 4.78 is 11.7.